The number of amides is 2. The lowest BCUT2D eigenvalue weighted by molar-refractivity contribution is -0.385. The van der Waals surface area contributed by atoms with Crippen LogP contribution in [0.3, 0.4) is 0 Å². The summed E-state index contributed by atoms with van der Waals surface area (Å²) in [6.45, 7) is 1.17. The van der Waals surface area contributed by atoms with Crippen molar-refractivity contribution in [1.82, 2.24) is 10.6 Å². The van der Waals surface area contributed by atoms with Gasteiger partial charge in [0, 0.05) is 49.5 Å². The van der Waals surface area contributed by atoms with Gasteiger partial charge in [0.15, 0.2) is 0 Å². The second kappa shape index (κ2) is 15.5. The molecule has 2 aromatic rings. The second-order valence-electron chi connectivity index (χ2n) is 8.07. The Morgan fingerprint density at radius 3 is 1.28 bits per heavy atom. The highest BCUT2D eigenvalue weighted by molar-refractivity contribution is 5.92. The number of nitro groups is 2. The van der Waals surface area contributed by atoms with E-state index in [9.17, 15) is 29.8 Å². The molecular weight excluding hydrogens is 464 g/mol. The van der Waals surface area contributed by atoms with E-state index >= 15 is 0 Å². The molecular formula is C26H30N4O6. The number of carbonyl (C=O) groups excluding carboxylic acids is 2. The van der Waals surface area contributed by atoms with Crippen LogP contribution in [-0.4, -0.2) is 34.8 Å². The van der Waals surface area contributed by atoms with E-state index in [1.165, 1.54) is 36.4 Å². The molecule has 10 heteroatoms. The first kappa shape index (κ1) is 27.9. The van der Waals surface area contributed by atoms with Gasteiger partial charge in [-0.1, -0.05) is 25.7 Å². The predicted octanol–water partition coefficient (Wildman–Crippen LogP) is 4.80. The molecule has 0 fully saturated rings. The fourth-order valence-corrected chi connectivity index (χ4v) is 3.26. The van der Waals surface area contributed by atoms with Crippen molar-refractivity contribution in [3.05, 3.63) is 92.0 Å². The van der Waals surface area contributed by atoms with Gasteiger partial charge in [-0.3, -0.25) is 29.8 Å². The first-order valence-corrected chi connectivity index (χ1v) is 11.8. The van der Waals surface area contributed by atoms with Crippen LogP contribution in [-0.2, 0) is 9.59 Å². The average molecular weight is 495 g/mol. The molecule has 0 atom stereocenters. The van der Waals surface area contributed by atoms with E-state index in [2.05, 4.69) is 10.6 Å². The number of rotatable bonds is 15. The monoisotopic (exact) mass is 494 g/mol. The summed E-state index contributed by atoms with van der Waals surface area (Å²) in [4.78, 5) is 44.0. The van der Waals surface area contributed by atoms with E-state index in [-0.39, 0.29) is 23.2 Å². The molecule has 0 heterocycles. The van der Waals surface area contributed by atoms with Crippen LogP contribution in [0.5, 0.6) is 0 Å². The van der Waals surface area contributed by atoms with Crippen LogP contribution < -0.4 is 10.6 Å². The third kappa shape index (κ3) is 11.2. The van der Waals surface area contributed by atoms with Crippen LogP contribution in [0, 0.1) is 20.2 Å². The molecule has 0 aliphatic carbocycles. The molecule has 0 saturated heterocycles. The first-order chi connectivity index (χ1) is 17.3. The Kier molecular flexibility index (Phi) is 12.0. The molecule has 0 spiro atoms. The maximum atomic E-state index is 11.8. The fourth-order valence-electron chi connectivity index (χ4n) is 3.26. The minimum absolute atomic E-state index is 0.00958. The molecule has 0 aliphatic rings. The SMILES string of the molecule is O=C(C=Cc1ccc([N+](=O)[O-])cc1)NCCCCCCCCNC(=O)C=Cc1ccc([N+](=O)[O-])cc1. The summed E-state index contributed by atoms with van der Waals surface area (Å²) >= 11 is 0. The highest BCUT2D eigenvalue weighted by Crippen LogP contribution is 2.13. The number of nitrogens with zero attached hydrogens (tertiary/aromatic N) is 2. The summed E-state index contributed by atoms with van der Waals surface area (Å²) in [5.74, 6) is -0.404. The Morgan fingerprint density at radius 1 is 0.611 bits per heavy atom. The van der Waals surface area contributed by atoms with Gasteiger partial charge >= 0.3 is 0 Å². The molecule has 36 heavy (non-hydrogen) atoms. The maximum Gasteiger partial charge on any atom is 0.269 e. The largest absolute Gasteiger partial charge is 0.353 e. The molecule has 0 aliphatic heterocycles. The third-order valence-electron chi connectivity index (χ3n) is 5.26. The number of carbonyl (C=O) groups is 2. The highest BCUT2D eigenvalue weighted by atomic mass is 16.6. The topological polar surface area (TPSA) is 144 Å². The minimum Gasteiger partial charge on any atom is -0.353 e. The summed E-state index contributed by atoms with van der Waals surface area (Å²) in [6.07, 6.45) is 11.9. The number of unbranched alkanes of at least 4 members (excludes halogenated alkanes) is 5. The smallest absolute Gasteiger partial charge is 0.269 e. The average Bonchev–Trinajstić information content (AvgIpc) is 2.87. The van der Waals surface area contributed by atoms with Crippen molar-refractivity contribution >= 4 is 35.3 Å². The lowest BCUT2D eigenvalue weighted by Gasteiger charge is -2.04. The van der Waals surface area contributed by atoms with Crippen LogP contribution in [0.4, 0.5) is 11.4 Å². The summed E-state index contributed by atoms with van der Waals surface area (Å²) in [5, 5.41) is 26.9. The quantitative estimate of drug-likeness (QED) is 0.157. The van der Waals surface area contributed by atoms with E-state index in [1.807, 2.05) is 0 Å². The van der Waals surface area contributed by atoms with Crippen LogP contribution in [0.2, 0.25) is 0 Å². The first-order valence-electron chi connectivity index (χ1n) is 11.8. The molecule has 2 N–H and O–H groups in total. The molecule has 2 rings (SSSR count). The Hall–Kier alpha value is -4.34. The minimum atomic E-state index is -0.468. The van der Waals surface area contributed by atoms with E-state index in [1.54, 1.807) is 36.4 Å². The highest BCUT2D eigenvalue weighted by Gasteiger charge is 2.04. The molecule has 0 radical (unpaired) electrons. The van der Waals surface area contributed by atoms with Gasteiger partial charge in [0.1, 0.15) is 0 Å². The van der Waals surface area contributed by atoms with Crippen molar-refractivity contribution < 1.29 is 19.4 Å². The second-order valence-corrected chi connectivity index (χ2v) is 8.07. The van der Waals surface area contributed by atoms with Gasteiger partial charge in [-0.05, 0) is 60.4 Å². The zero-order valence-corrected chi connectivity index (χ0v) is 19.9. The van der Waals surface area contributed by atoms with Crippen LogP contribution in [0.25, 0.3) is 12.2 Å². The molecule has 0 aromatic heterocycles. The molecule has 2 aromatic carbocycles. The van der Waals surface area contributed by atoms with Gasteiger partial charge < -0.3 is 10.6 Å². The summed E-state index contributed by atoms with van der Waals surface area (Å²) in [6, 6.07) is 11.9. The lowest BCUT2D eigenvalue weighted by atomic mass is 10.1. The van der Waals surface area contributed by atoms with Crippen molar-refractivity contribution in [3.8, 4) is 0 Å². The van der Waals surface area contributed by atoms with Crippen molar-refractivity contribution in [2.75, 3.05) is 13.1 Å². The number of nitro benzene ring substituents is 2. The van der Waals surface area contributed by atoms with Gasteiger partial charge in [-0.25, -0.2) is 0 Å². The van der Waals surface area contributed by atoms with Crippen molar-refractivity contribution in [3.63, 3.8) is 0 Å². The lowest BCUT2D eigenvalue weighted by Crippen LogP contribution is -2.22. The Morgan fingerprint density at radius 2 is 0.944 bits per heavy atom. The molecule has 0 saturated carbocycles. The molecule has 2 amide bonds. The van der Waals surface area contributed by atoms with Crippen LogP contribution in [0.15, 0.2) is 60.7 Å². The van der Waals surface area contributed by atoms with E-state index in [0.717, 1.165) is 38.5 Å². The van der Waals surface area contributed by atoms with Crippen molar-refractivity contribution in [1.29, 1.82) is 0 Å². The van der Waals surface area contributed by atoms with E-state index in [4.69, 9.17) is 0 Å². The number of hydrogen-bond acceptors (Lipinski definition) is 6. The van der Waals surface area contributed by atoms with E-state index in [0.29, 0.717) is 24.2 Å². The Bertz CT molecular complexity index is 991. The molecule has 0 bridgehead atoms. The van der Waals surface area contributed by atoms with Crippen LogP contribution >= 0.6 is 0 Å². The van der Waals surface area contributed by atoms with Gasteiger partial charge in [0.2, 0.25) is 11.8 Å². The zero-order chi connectivity index (χ0) is 26.2. The molecule has 10 nitrogen and oxygen atoms in total. The Labute approximate surface area is 209 Å². The normalized spacial score (nSPS) is 11.0. The summed E-state index contributed by atoms with van der Waals surface area (Å²) in [7, 11) is 0. The summed E-state index contributed by atoms with van der Waals surface area (Å²) < 4.78 is 0. The van der Waals surface area contributed by atoms with Gasteiger partial charge in [-0.15, -0.1) is 0 Å². The van der Waals surface area contributed by atoms with E-state index < -0.39 is 9.85 Å². The van der Waals surface area contributed by atoms with Crippen molar-refractivity contribution in [2.24, 2.45) is 0 Å². The zero-order valence-electron chi connectivity index (χ0n) is 19.9. The third-order valence-corrected chi connectivity index (χ3v) is 5.26. The van der Waals surface area contributed by atoms with Gasteiger partial charge in [0.05, 0.1) is 9.85 Å². The van der Waals surface area contributed by atoms with Crippen LogP contribution in [0.1, 0.15) is 49.7 Å². The number of nitrogens with one attached hydrogen (secondary N) is 2. The predicted molar refractivity (Wildman–Crippen MR) is 138 cm³/mol. The number of hydrogen-bond donors (Lipinski definition) is 2. The number of benzene rings is 2. The maximum absolute atomic E-state index is 11.8. The fraction of sp³-hybridized carbons (Fsp3) is 0.308. The molecule has 0 unspecified atom stereocenters. The summed E-state index contributed by atoms with van der Waals surface area (Å²) in [5.41, 5.74) is 1.45. The van der Waals surface area contributed by atoms with Gasteiger partial charge in [-0.2, -0.15) is 0 Å². The van der Waals surface area contributed by atoms with Crippen molar-refractivity contribution in [2.45, 2.75) is 38.5 Å². The van der Waals surface area contributed by atoms with Gasteiger partial charge in [0.25, 0.3) is 11.4 Å². The Balaban J connectivity index is 1.46. The standard InChI is InChI=1S/C26H30N4O6/c31-25(17-11-21-7-13-23(14-8-21)29(33)34)27-19-5-3-1-2-4-6-20-28-26(32)18-12-22-9-15-24(16-10-22)30(35)36/h7-18H,1-6,19-20H2,(H,27,31)(H,28,32). The number of non-ortho nitro benzene ring substituents is 2. The molecule has 190 valence electrons.